The predicted molar refractivity (Wildman–Crippen MR) is 103 cm³/mol. The highest BCUT2D eigenvalue weighted by atomic mass is 32.2. The highest BCUT2D eigenvalue weighted by Crippen LogP contribution is 2.25. The minimum atomic E-state index is 0.150. The standard InChI is InChI=1S/C20H21N3O2S/c24-19(22-10-12-25-13-11-22)15-26-20-21-17-8-4-5-9-18(17)23(20)14-16-6-2-1-3-7-16/h1-9H,10-15H2. The van der Waals surface area contributed by atoms with E-state index in [0.717, 1.165) is 22.7 Å². The van der Waals surface area contributed by atoms with Crippen molar-refractivity contribution in [3.8, 4) is 0 Å². The molecule has 134 valence electrons. The van der Waals surface area contributed by atoms with Crippen molar-refractivity contribution >= 4 is 28.7 Å². The Kier molecular flexibility index (Phi) is 5.22. The number of nitrogens with zero attached hydrogens (tertiary/aromatic N) is 3. The average molecular weight is 367 g/mol. The Hall–Kier alpha value is -2.31. The predicted octanol–water partition coefficient (Wildman–Crippen LogP) is 3.04. The summed E-state index contributed by atoms with van der Waals surface area (Å²) >= 11 is 1.51. The van der Waals surface area contributed by atoms with Crippen LogP contribution in [0.4, 0.5) is 0 Å². The molecule has 1 saturated heterocycles. The number of morpholine rings is 1. The Labute approximate surface area is 157 Å². The topological polar surface area (TPSA) is 47.4 Å². The maximum absolute atomic E-state index is 12.5. The third kappa shape index (κ3) is 3.76. The van der Waals surface area contributed by atoms with Gasteiger partial charge in [0.2, 0.25) is 5.91 Å². The highest BCUT2D eigenvalue weighted by Gasteiger charge is 2.19. The summed E-state index contributed by atoms with van der Waals surface area (Å²) in [6.07, 6.45) is 0. The monoisotopic (exact) mass is 367 g/mol. The number of hydrogen-bond acceptors (Lipinski definition) is 4. The zero-order chi connectivity index (χ0) is 17.8. The minimum Gasteiger partial charge on any atom is -0.378 e. The van der Waals surface area contributed by atoms with E-state index in [1.807, 2.05) is 41.3 Å². The lowest BCUT2D eigenvalue weighted by Gasteiger charge is -2.26. The van der Waals surface area contributed by atoms with E-state index in [-0.39, 0.29) is 5.91 Å². The van der Waals surface area contributed by atoms with Gasteiger partial charge >= 0.3 is 0 Å². The van der Waals surface area contributed by atoms with E-state index in [4.69, 9.17) is 9.72 Å². The number of carbonyl (C=O) groups excluding carboxylic acids is 1. The fraction of sp³-hybridized carbons (Fsp3) is 0.300. The summed E-state index contributed by atoms with van der Waals surface area (Å²) in [5, 5.41) is 0.886. The normalized spacial score (nSPS) is 14.7. The summed E-state index contributed by atoms with van der Waals surface area (Å²) < 4.78 is 7.52. The van der Waals surface area contributed by atoms with Crippen LogP contribution >= 0.6 is 11.8 Å². The van der Waals surface area contributed by atoms with Gasteiger partial charge in [-0.15, -0.1) is 0 Å². The number of fused-ring (bicyclic) bond motifs is 1. The van der Waals surface area contributed by atoms with E-state index < -0.39 is 0 Å². The van der Waals surface area contributed by atoms with Crippen molar-refractivity contribution in [3.63, 3.8) is 0 Å². The number of carbonyl (C=O) groups is 1. The molecule has 1 aliphatic heterocycles. The molecule has 1 aliphatic rings. The third-order valence-electron chi connectivity index (χ3n) is 4.49. The average Bonchev–Trinajstić information content (AvgIpc) is 3.05. The van der Waals surface area contributed by atoms with Crippen LogP contribution in [0.3, 0.4) is 0 Å². The van der Waals surface area contributed by atoms with Crippen LogP contribution in [0, 0.1) is 0 Å². The van der Waals surface area contributed by atoms with E-state index in [9.17, 15) is 4.79 Å². The molecule has 0 saturated carbocycles. The zero-order valence-corrected chi connectivity index (χ0v) is 15.3. The number of aromatic nitrogens is 2. The smallest absolute Gasteiger partial charge is 0.233 e. The highest BCUT2D eigenvalue weighted by molar-refractivity contribution is 7.99. The molecule has 2 heterocycles. The Morgan fingerprint density at radius 2 is 1.77 bits per heavy atom. The second-order valence-corrected chi connectivity index (χ2v) is 7.18. The van der Waals surface area contributed by atoms with Gasteiger partial charge in [-0.1, -0.05) is 54.2 Å². The summed E-state index contributed by atoms with van der Waals surface area (Å²) in [7, 11) is 0. The zero-order valence-electron chi connectivity index (χ0n) is 14.5. The molecule has 0 bridgehead atoms. The first kappa shape index (κ1) is 17.1. The molecule has 1 amide bonds. The lowest BCUT2D eigenvalue weighted by Crippen LogP contribution is -2.41. The number of para-hydroxylation sites is 2. The first-order chi connectivity index (χ1) is 12.8. The molecule has 5 nitrogen and oxygen atoms in total. The van der Waals surface area contributed by atoms with E-state index in [2.05, 4.69) is 22.8 Å². The molecule has 2 aromatic carbocycles. The summed E-state index contributed by atoms with van der Waals surface area (Å²) in [5.74, 6) is 0.551. The summed E-state index contributed by atoms with van der Waals surface area (Å²) in [6.45, 7) is 3.36. The maximum Gasteiger partial charge on any atom is 0.233 e. The number of benzene rings is 2. The summed E-state index contributed by atoms with van der Waals surface area (Å²) in [6, 6.07) is 18.5. The van der Waals surface area contributed by atoms with Gasteiger partial charge in [-0.05, 0) is 17.7 Å². The number of thioether (sulfide) groups is 1. The van der Waals surface area contributed by atoms with E-state index in [1.54, 1.807) is 0 Å². The Morgan fingerprint density at radius 1 is 1.04 bits per heavy atom. The quantitative estimate of drug-likeness (QED) is 0.651. The molecule has 1 aromatic heterocycles. The van der Waals surface area contributed by atoms with Crippen molar-refractivity contribution in [2.75, 3.05) is 32.1 Å². The van der Waals surface area contributed by atoms with Crippen LogP contribution in [0.2, 0.25) is 0 Å². The second-order valence-electron chi connectivity index (χ2n) is 6.24. The van der Waals surface area contributed by atoms with E-state index in [1.165, 1.54) is 17.3 Å². The van der Waals surface area contributed by atoms with Crippen molar-refractivity contribution in [1.29, 1.82) is 0 Å². The lowest BCUT2D eigenvalue weighted by atomic mass is 10.2. The van der Waals surface area contributed by atoms with Crippen molar-refractivity contribution in [2.24, 2.45) is 0 Å². The van der Waals surface area contributed by atoms with Gasteiger partial charge in [0.05, 0.1) is 36.5 Å². The molecule has 4 rings (SSSR count). The van der Waals surface area contributed by atoms with Gasteiger partial charge in [-0.3, -0.25) is 4.79 Å². The third-order valence-corrected chi connectivity index (χ3v) is 5.45. The Balaban J connectivity index is 1.55. The summed E-state index contributed by atoms with van der Waals surface area (Å²) in [4.78, 5) is 19.1. The van der Waals surface area contributed by atoms with Gasteiger partial charge in [-0.2, -0.15) is 0 Å². The molecule has 0 N–H and O–H groups in total. The van der Waals surface area contributed by atoms with Gasteiger partial charge in [0.25, 0.3) is 0 Å². The van der Waals surface area contributed by atoms with Crippen LogP contribution in [-0.2, 0) is 16.1 Å². The van der Waals surface area contributed by atoms with Crippen LogP contribution in [0.5, 0.6) is 0 Å². The Bertz CT molecular complexity index is 888. The van der Waals surface area contributed by atoms with Crippen molar-refractivity contribution in [1.82, 2.24) is 14.5 Å². The molecule has 0 atom stereocenters. The van der Waals surface area contributed by atoms with Crippen LogP contribution in [0.25, 0.3) is 11.0 Å². The van der Waals surface area contributed by atoms with Gasteiger partial charge in [0.1, 0.15) is 0 Å². The summed E-state index contributed by atoms with van der Waals surface area (Å²) in [5.41, 5.74) is 3.28. The fourth-order valence-electron chi connectivity index (χ4n) is 3.11. The van der Waals surface area contributed by atoms with Gasteiger partial charge in [-0.25, -0.2) is 4.98 Å². The first-order valence-electron chi connectivity index (χ1n) is 8.79. The fourth-order valence-corrected chi connectivity index (χ4v) is 4.03. The van der Waals surface area contributed by atoms with Crippen molar-refractivity contribution < 1.29 is 9.53 Å². The largest absolute Gasteiger partial charge is 0.378 e. The molecule has 1 fully saturated rings. The first-order valence-corrected chi connectivity index (χ1v) is 9.77. The van der Waals surface area contributed by atoms with Gasteiger partial charge < -0.3 is 14.2 Å². The number of imidazole rings is 1. The van der Waals surface area contributed by atoms with Crippen LogP contribution in [-0.4, -0.2) is 52.4 Å². The van der Waals surface area contributed by atoms with Crippen LogP contribution < -0.4 is 0 Å². The molecule has 6 heteroatoms. The number of hydrogen-bond donors (Lipinski definition) is 0. The number of ether oxygens (including phenoxy) is 1. The molecule has 3 aromatic rings. The number of rotatable bonds is 5. The molecular weight excluding hydrogens is 346 g/mol. The number of amides is 1. The van der Waals surface area contributed by atoms with Gasteiger partial charge in [0, 0.05) is 13.1 Å². The molecule has 26 heavy (non-hydrogen) atoms. The molecule has 0 unspecified atom stereocenters. The molecular formula is C20H21N3O2S. The van der Waals surface area contributed by atoms with E-state index in [0.29, 0.717) is 32.1 Å². The molecule has 0 radical (unpaired) electrons. The van der Waals surface area contributed by atoms with Crippen molar-refractivity contribution in [3.05, 3.63) is 60.2 Å². The Morgan fingerprint density at radius 3 is 2.58 bits per heavy atom. The second kappa shape index (κ2) is 7.93. The van der Waals surface area contributed by atoms with Crippen molar-refractivity contribution in [2.45, 2.75) is 11.7 Å². The maximum atomic E-state index is 12.5. The molecule has 0 aliphatic carbocycles. The van der Waals surface area contributed by atoms with Crippen LogP contribution in [0.1, 0.15) is 5.56 Å². The molecule has 0 spiro atoms. The van der Waals surface area contributed by atoms with Crippen LogP contribution in [0.15, 0.2) is 59.8 Å². The lowest BCUT2D eigenvalue weighted by molar-refractivity contribution is -0.132. The van der Waals surface area contributed by atoms with E-state index >= 15 is 0 Å². The van der Waals surface area contributed by atoms with Gasteiger partial charge in [0.15, 0.2) is 5.16 Å². The SMILES string of the molecule is O=C(CSc1nc2ccccc2n1Cc1ccccc1)N1CCOCC1. The minimum absolute atomic E-state index is 0.150.